The molecule has 0 radical (unpaired) electrons. The van der Waals surface area contributed by atoms with Crippen molar-refractivity contribution in [3.05, 3.63) is 68.3 Å². The van der Waals surface area contributed by atoms with Gasteiger partial charge in [0.25, 0.3) is 11.1 Å². The largest absolute Gasteiger partial charge is 0.486 e. The van der Waals surface area contributed by atoms with E-state index < -0.39 is 0 Å². The van der Waals surface area contributed by atoms with Crippen molar-refractivity contribution in [2.75, 3.05) is 6.54 Å². The quantitative estimate of drug-likeness (QED) is 0.395. The van der Waals surface area contributed by atoms with E-state index in [-0.39, 0.29) is 39.4 Å². The number of benzene rings is 2. The van der Waals surface area contributed by atoms with Crippen LogP contribution in [0.5, 0.6) is 5.75 Å². The molecular weight excluding hydrogens is 472 g/mol. The second-order valence-corrected chi connectivity index (χ2v) is 9.80. The van der Waals surface area contributed by atoms with Gasteiger partial charge in [-0.1, -0.05) is 60.7 Å². The van der Waals surface area contributed by atoms with Gasteiger partial charge in [0.2, 0.25) is 0 Å². The molecular formula is C24H22Cl2FNO3S. The molecule has 8 heteroatoms. The molecule has 0 unspecified atom stereocenters. The number of ether oxygens (including phenoxy) is 1. The van der Waals surface area contributed by atoms with E-state index in [2.05, 4.69) is 0 Å². The normalized spacial score (nSPS) is 18.6. The van der Waals surface area contributed by atoms with Crippen molar-refractivity contribution in [1.82, 2.24) is 4.90 Å². The average Bonchev–Trinajstić information content (AvgIpc) is 3.02. The highest BCUT2D eigenvalue weighted by Crippen LogP contribution is 2.38. The summed E-state index contributed by atoms with van der Waals surface area (Å²) < 4.78 is 19.5. The topological polar surface area (TPSA) is 46.6 Å². The Kier molecular flexibility index (Phi) is 7.44. The average molecular weight is 494 g/mol. The number of thioether (sulfide) groups is 1. The first-order valence-corrected chi connectivity index (χ1v) is 12.1. The molecule has 1 aliphatic carbocycles. The number of imide groups is 1. The SMILES string of the molecule is O=C1S/C(=C/c2cc(Cl)c(OCc3ccccc3F)c(Cl)c2)C(=O)N1CC1CCCCC1. The molecule has 0 spiro atoms. The minimum atomic E-state index is -0.375. The number of carbonyl (C=O) groups excluding carboxylic acids is 2. The summed E-state index contributed by atoms with van der Waals surface area (Å²) in [5, 5.41) is 0.233. The summed E-state index contributed by atoms with van der Waals surface area (Å²) in [5.41, 5.74) is 0.969. The molecule has 32 heavy (non-hydrogen) atoms. The summed E-state index contributed by atoms with van der Waals surface area (Å²) in [6, 6.07) is 9.51. The number of hydrogen-bond donors (Lipinski definition) is 0. The third-order valence-corrected chi connectivity index (χ3v) is 7.16. The Bertz CT molecular complexity index is 1050. The van der Waals surface area contributed by atoms with E-state index in [4.69, 9.17) is 27.9 Å². The van der Waals surface area contributed by atoms with Gasteiger partial charge in [0.1, 0.15) is 12.4 Å². The highest BCUT2D eigenvalue weighted by Gasteiger charge is 2.36. The molecule has 2 aromatic carbocycles. The summed E-state index contributed by atoms with van der Waals surface area (Å²) in [6.07, 6.45) is 7.25. The summed E-state index contributed by atoms with van der Waals surface area (Å²) >= 11 is 13.6. The molecule has 2 fully saturated rings. The second-order valence-electron chi connectivity index (χ2n) is 7.99. The molecule has 0 bridgehead atoms. The fourth-order valence-electron chi connectivity index (χ4n) is 4.00. The first kappa shape index (κ1) is 23.1. The molecule has 1 heterocycles. The van der Waals surface area contributed by atoms with Crippen molar-refractivity contribution in [2.45, 2.75) is 38.7 Å². The predicted molar refractivity (Wildman–Crippen MR) is 126 cm³/mol. The first-order chi connectivity index (χ1) is 15.4. The highest BCUT2D eigenvalue weighted by atomic mass is 35.5. The Morgan fingerprint density at radius 3 is 2.47 bits per heavy atom. The molecule has 1 saturated heterocycles. The van der Waals surface area contributed by atoms with Crippen LogP contribution < -0.4 is 4.74 Å². The molecule has 1 saturated carbocycles. The van der Waals surface area contributed by atoms with Crippen LogP contribution in [-0.2, 0) is 11.4 Å². The Morgan fingerprint density at radius 1 is 1.09 bits per heavy atom. The van der Waals surface area contributed by atoms with Crippen LogP contribution >= 0.6 is 35.0 Å². The van der Waals surface area contributed by atoms with E-state index in [1.54, 1.807) is 36.4 Å². The second kappa shape index (κ2) is 10.3. The Labute approximate surface area is 200 Å². The molecule has 2 aliphatic rings. The third-order valence-electron chi connectivity index (χ3n) is 5.69. The Hall–Kier alpha value is -2.02. The standard InChI is InChI=1S/C24H22Cl2FNO3S/c25-18-10-16(11-19(26)22(18)31-14-17-8-4-5-9-20(17)27)12-21-23(29)28(24(30)32-21)13-15-6-2-1-3-7-15/h4-5,8-12,15H,1-3,6-7,13-14H2/b21-12+. The van der Waals surface area contributed by atoms with Gasteiger partial charge in [-0.3, -0.25) is 14.5 Å². The monoisotopic (exact) mass is 493 g/mol. The van der Waals surface area contributed by atoms with E-state index in [9.17, 15) is 14.0 Å². The molecule has 4 nitrogen and oxygen atoms in total. The van der Waals surface area contributed by atoms with Crippen LogP contribution in [0.2, 0.25) is 10.0 Å². The van der Waals surface area contributed by atoms with Crippen molar-refractivity contribution < 1.29 is 18.7 Å². The molecule has 0 atom stereocenters. The van der Waals surface area contributed by atoms with E-state index in [0.29, 0.717) is 28.5 Å². The van der Waals surface area contributed by atoms with Gasteiger partial charge in [-0.25, -0.2) is 4.39 Å². The van der Waals surface area contributed by atoms with Gasteiger partial charge in [0.05, 0.1) is 15.0 Å². The lowest BCUT2D eigenvalue weighted by Crippen LogP contribution is -2.34. The Morgan fingerprint density at radius 2 is 1.78 bits per heavy atom. The zero-order chi connectivity index (χ0) is 22.7. The summed E-state index contributed by atoms with van der Waals surface area (Å²) in [4.78, 5) is 26.9. The fourth-order valence-corrected chi connectivity index (χ4v) is 5.46. The van der Waals surface area contributed by atoms with Gasteiger partial charge < -0.3 is 4.74 Å². The van der Waals surface area contributed by atoms with Gasteiger partial charge in [0, 0.05) is 12.1 Å². The van der Waals surface area contributed by atoms with E-state index in [1.165, 1.54) is 17.4 Å². The smallest absolute Gasteiger partial charge is 0.293 e. The van der Waals surface area contributed by atoms with Crippen LogP contribution in [0.1, 0.15) is 43.2 Å². The van der Waals surface area contributed by atoms with Crippen LogP contribution in [0.4, 0.5) is 9.18 Å². The van der Waals surface area contributed by atoms with E-state index in [0.717, 1.165) is 37.4 Å². The maximum atomic E-state index is 13.8. The maximum absolute atomic E-state index is 13.8. The first-order valence-electron chi connectivity index (χ1n) is 10.5. The number of hydrogen-bond acceptors (Lipinski definition) is 4. The summed E-state index contributed by atoms with van der Waals surface area (Å²) in [7, 11) is 0. The van der Waals surface area contributed by atoms with Crippen LogP contribution in [0.3, 0.4) is 0 Å². The predicted octanol–water partition coefficient (Wildman–Crippen LogP) is 7.33. The minimum Gasteiger partial charge on any atom is -0.486 e. The molecule has 1 aliphatic heterocycles. The van der Waals surface area contributed by atoms with Gasteiger partial charge in [0.15, 0.2) is 5.75 Å². The number of amides is 2. The van der Waals surface area contributed by atoms with Crippen LogP contribution in [0.15, 0.2) is 41.3 Å². The molecule has 2 amide bonds. The fraction of sp³-hybridized carbons (Fsp3) is 0.333. The number of nitrogens with zero attached hydrogens (tertiary/aromatic N) is 1. The molecule has 168 valence electrons. The third kappa shape index (κ3) is 5.30. The zero-order valence-electron chi connectivity index (χ0n) is 17.3. The van der Waals surface area contributed by atoms with E-state index in [1.807, 2.05) is 0 Å². The zero-order valence-corrected chi connectivity index (χ0v) is 19.6. The summed E-state index contributed by atoms with van der Waals surface area (Å²) in [5.74, 6) is -0.0384. The number of rotatable bonds is 6. The lowest BCUT2D eigenvalue weighted by Gasteiger charge is -2.25. The lowest BCUT2D eigenvalue weighted by atomic mass is 9.89. The van der Waals surface area contributed by atoms with Crippen LogP contribution in [0, 0.1) is 11.7 Å². The van der Waals surface area contributed by atoms with Gasteiger partial charge in [-0.15, -0.1) is 0 Å². The molecule has 2 aromatic rings. The van der Waals surface area contributed by atoms with Crippen LogP contribution in [-0.4, -0.2) is 22.6 Å². The molecule has 0 N–H and O–H groups in total. The van der Waals surface area contributed by atoms with Crippen molar-refractivity contribution in [3.63, 3.8) is 0 Å². The molecule has 4 rings (SSSR count). The molecule has 0 aromatic heterocycles. The highest BCUT2D eigenvalue weighted by molar-refractivity contribution is 8.18. The maximum Gasteiger partial charge on any atom is 0.293 e. The lowest BCUT2D eigenvalue weighted by molar-refractivity contribution is -0.123. The van der Waals surface area contributed by atoms with Crippen molar-refractivity contribution in [2.24, 2.45) is 5.92 Å². The summed E-state index contributed by atoms with van der Waals surface area (Å²) in [6.45, 7) is 0.456. The Balaban J connectivity index is 1.47. The van der Waals surface area contributed by atoms with Crippen molar-refractivity contribution in [1.29, 1.82) is 0 Å². The van der Waals surface area contributed by atoms with E-state index >= 15 is 0 Å². The van der Waals surface area contributed by atoms with Crippen molar-refractivity contribution in [3.8, 4) is 5.75 Å². The van der Waals surface area contributed by atoms with Crippen molar-refractivity contribution >= 4 is 52.2 Å². The minimum absolute atomic E-state index is 0.0223. The number of carbonyl (C=O) groups is 2. The van der Waals surface area contributed by atoms with Gasteiger partial charge >= 0.3 is 0 Å². The van der Waals surface area contributed by atoms with Crippen LogP contribution in [0.25, 0.3) is 6.08 Å². The van der Waals surface area contributed by atoms with Gasteiger partial charge in [-0.2, -0.15) is 0 Å². The number of halogens is 3. The van der Waals surface area contributed by atoms with Gasteiger partial charge in [-0.05, 0) is 60.4 Å².